The maximum atomic E-state index is 9.64. The normalized spacial score (nSPS) is 17.1. The number of likely N-dealkylation sites (tertiary alicyclic amines) is 1. The van der Waals surface area contributed by atoms with E-state index in [1.54, 1.807) is 7.05 Å². The third-order valence-corrected chi connectivity index (χ3v) is 5.12. The summed E-state index contributed by atoms with van der Waals surface area (Å²) in [7, 11) is 1.79. The van der Waals surface area contributed by atoms with Crippen molar-refractivity contribution < 1.29 is 5.11 Å². The molecule has 5 heteroatoms. The molecule has 0 radical (unpaired) electrons. The highest BCUT2D eigenvalue weighted by molar-refractivity contribution is 5.79. The van der Waals surface area contributed by atoms with Gasteiger partial charge in [0, 0.05) is 26.1 Å². The van der Waals surface area contributed by atoms with E-state index in [-0.39, 0.29) is 12.5 Å². The summed E-state index contributed by atoms with van der Waals surface area (Å²) in [6, 6.07) is 10.1. The summed E-state index contributed by atoms with van der Waals surface area (Å²) in [5, 5.41) is 16.4. The van der Waals surface area contributed by atoms with Crippen LogP contribution in [0.15, 0.2) is 35.3 Å². The number of unbranched alkanes of at least 4 members (excludes halogenated alkanes) is 2. The SMILES string of the molecule is CN=C(NCCCCCN1CCCCC1)NCC(CO)c1ccccc1. The Bertz CT molecular complexity index is 500. The Kier molecular flexibility index (Phi) is 10.1. The molecule has 0 saturated carbocycles. The Morgan fingerprint density at radius 3 is 2.54 bits per heavy atom. The Morgan fingerprint density at radius 2 is 1.85 bits per heavy atom. The van der Waals surface area contributed by atoms with Gasteiger partial charge in [0.15, 0.2) is 5.96 Å². The number of benzene rings is 1. The van der Waals surface area contributed by atoms with Crippen LogP contribution in [0.3, 0.4) is 0 Å². The Morgan fingerprint density at radius 1 is 1.08 bits per heavy atom. The fraction of sp³-hybridized carbons (Fsp3) is 0.667. The van der Waals surface area contributed by atoms with E-state index in [1.807, 2.05) is 18.2 Å². The van der Waals surface area contributed by atoms with Crippen molar-refractivity contribution in [2.24, 2.45) is 4.99 Å². The number of aliphatic hydroxyl groups is 1. The van der Waals surface area contributed by atoms with Gasteiger partial charge in [-0.3, -0.25) is 4.99 Å². The molecule has 1 aromatic rings. The van der Waals surface area contributed by atoms with Crippen LogP contribution in [-0.2, 0) is 0 Å². The van der Waals surface area contributed by atoms with Crippen LogP contribution in [0.1, 0.15) is 50.0 Å². The van der Waals surface area contributed by atoms with Crippen molar-refractivity contribution in [2.75, 3.05) is 46.4 Å². The first kappa shape index (κ1) is 20.7. The van der Waals surface area contributed by atoms with Crippen molar-refractivity contribution in [1.29, 1.82) is 0 Å². The molecule has 1 aromatic carbocycles. The molecular weight excluding hydrogens is 324 g/mol. The minimum atomic E-state index is 0.0827. The number of guanidine groups is 1. The fourth-order valence-electron chi connectivity index (χ4n) is 3.48. The number of nitrogens with zero attached hydrogens (tertiary/aromatic N) is 2. The van der Waals surface area contributed by atoms with E-state index >= 15 is 0 Å². The van der Waals surface area contributed by atoms with Crippen LogP contribution in [0.25, 0.3) is 0 Å². The number of hydrogen-bond acceptors (Lipinski definition) is 3. The third kappa shape index (κ3) is 7.75. The first-order chi connectivity index (χ1) is 12.8. The summed E-state index contributed by atoms with van der Waals surface area (Å²) in [4.78, 5) is 6.89. The van der Waals surface area contributed by atoms with Gasteiger partial charge >= 0.3 is 0 Å². The second-order valence-corrected chi connectivity index (χ2v) is 7.13. The van der Waals surface area contributed by atoms with Gasteiger partial charge in [0.05, 0.1) is 6.61 Å². The van der Waals surface area contributed by atoms with Gasteiger partial charge in [-0.05, 0) is 50.9 Å². The highest BCUT2D eigenvalue weighted by atomic mass is 16.3. The van der Waals surface area contributed by atoms with Crippen molar-refractivity contribution in [3.63, 3.8) is 0 Å². The van der Waals surface area contributed by atoms with Crippen molar-refractivity contribution >= 4 is 5.96 Å². The van der Waals surface area contributed by atoms with Gasteiger partial charge in [0.1, 0.15) is 0 Å². The zero-order valence-electron chi connectivity index (χ0n) is 16.3. The molecule has 1 saturated heterocycles. The zero-order valence-corrected chi connectivity index (χ0v) is 16.3. The smallest absolute Gasteiger partial charge is 0.190 e. The maximum Gasteiger partial charge on any atom is 0.190 e. The topological polar surface area (TPSA) is 59.9 Å². The number of nitrogens with one attached hydrogen (secondary N) is 2. The van der Waals surface area contributed by atoms with E-state index < -0.39 is 0 Å². The van der Waals surface area contributed by atoms with E-state index in [0.29, 0.717) is 6.54 Å². The average Bonchev–Trinajstić information content (AvgIpc) is 2.71. The molecule has 0 aromatic heterocycles. The Labute approximate surface area is 158 Å². The van der Waals surface area contributed by atoms with Gasteiger partial charge in [0.2, 0.25) is 0 Å². The molecule has 2 rings (SSSR count). The van der Waals surface area contributed by atoms with E-state index in [0.717, 1.165) is 24.5 Å². The molecule has 1 aliphatic rings. The van der Waals surface area contributed by atoms with Gasteiger partial charge in [0.25, 0.3) is 0 Å². The van der Waals surface area contributed by atoms with Gasteiger partial charge in [-0.2, -0.15) is 0 Å². The molecule has 5 nitrogen and oxygen atoms in total. The lowest BCUT2D eigenvalue weighted by Gasteiger charge is -2.26. The molecule has 3 N–H and O–H groups in total. The number of rotatable bonds is 10. The van der Waals surface area contributed by atoms with Crippen molar-refractivity contribution in [2.45, 2.75) is 44.4 Å². The van der Waals surface area contributed by atoms with Crippen LogP contribution >= 0.6 is 0 Å². The summed E-state index contributed by atoms with van der Waals surface area (Å²) in [5.41, 5.74) is 1.15. The highest BCUT2D eigenvalue weighted by Gasteiger charge is 2.11. The van der Waals surface area contributed by atoms with Gasteiger partial charge in [-0.1, -0.05) is 43.2 Å². The van der Waals surface area contributed by atoms with Crippen molar-refractivity contribution in [3.05, 3.63) is 35.9 Å². The predicted molar refractivity (Wildman–Crippen MR) is 110 cm³/mol. The van der Waals surface area contributed by atoms with Crippen LogP contribution in [0, 0.1) is 0 Å². The lowest BCUT2D eigenvalue weighted by molar-refractivity contribution is 0.224. The molecule has 1 unspecified atom stereocenters. The standard InChI is InChI=1S/C21H36N4O/c1-22-21(24-17-20(18-26)19-11-5-2-6-12-19)23-13-7-3-8-14-25-15-9-4-10-16-25/h2,5-6,11-12,20,26H,3-4,7-10,13-18H2,1H3,(H2,22,23,24). The highest BCUT2D eigenvalue weighted by Crippen LogP contribution is 2.13. The summed E-state index contributed by atoms with van der Waals surface area (Å²) in [5.74, 6) is 0.898. The number of aliphatic imine (C=N–C) groups is 1. The molecule has 0 spiro atoms. The molecule has 146 valence electrons. The van der Waals surface area contributed by atoms with Crippen LogP contribution in [0.4, 0.5) is 0 Å². The van der Waals surface area contributed by atoms with E-state index in [9.17, 15) is 5.11 Å². The van der Waals surface area contributed by atoms with Crippen molar-refractivity contribution in [1.82, 2.24) is 15.5 Å². The first-order valence-corrected chi connectivity index (χ1v) is 10.2. The minimum Gasteiger partial charge on any atom is -0.396 e. The zero-order chi connectivity index (χ0) is 18.5. The fourth-order valence-corrected chi connectivity index (χ4v) is 3.48. The van der Waals surface area contributed by atoms with E-state index in [1.165, 1.54) is 51.7 Å². The number of hydrogen-bond donors (Lipinski definition) is 3. The quantitative estimate of drug-likeness (QED) is 0.341. The largest absolute Gasteiger partial charge is 0.396 e. The second-order valence-electron chi connectivity index (χ2n) is 7.13. The lowest BCUT2D eigenvalue weighted by atomic mass is 10.0. The number of aliphatic hydroxyl groups excluding tert-OH is 1. The Balaban J connectivity index is 1.57. The van der Waals surface area contributed by atoms with Crippen molar-refractivity contribution in [3.8, 4) is 0 Å². The van der Waals surface area contributed by atoms with Gasteiger partial charge in [-0.15, -0.1) is 0 Å². The summed E-state index contributed by atoms with van der Waals surface area (Å²) >= 11 is 0. The summed E-state index contributed by atoms with van der Waals surface area (Å²) in [6.45, 7) is 5.58. The monoisotopic (exact) mass is 360 g/mol. The number of piperidine rings is 1. The first-order valence-electron chi connectivity index (χ1n) is 10.2. The van der Waals surface area contributed by atoms with Crippen LogP contribution in [0.2, 0.25) is 0 Å². The van der Waals surface area contributed by atoms with E-state index in [4.69, 9.17) is 0 Å². The average molecular weight is 361 g/mol. The molecule has 1 fully saturated rings. The summed E-state index contributed by atoms with van der Waals surface area (Å²) in [6.07, 6.45) is 7.87. The molecule has 1 atom stereocenters. The van der Waals surface area contributed by atoms with Gasteiger partial charge in [-0.25, -0.2) is 0 Å². The summed E-state index contributed by atoms with van der Waals surface area (Å²) < 4.78 is 0. The van der Waals surface area contributed by atoms with Crippen LogP contribution < -0.4 is 10.6 Å². The third-order valence-electron chi connectivity index (χ3n) is 5.12. The van der Waals surface area contributed by atoms with Crippen LogP contribution in [0.5, 0.6) is 0 Å². The predicted octanol–water partition coefficient (Wildman–Crippen LogP) is 2.58. The van der Waals surface area contributed by atoms with Gasteiger partial charge < -0.3 is 20.6 Å². The minimum absolute atomic E-state index is 0.0827. The second kappa shape index (κ2) is 12.7. The molecule has 1 heterocycles. The molecule has 26 heavy (non-hydrogen) atoms. The molecule has 0 bridgehead atoms. The van der Waals surface area contributed by atoms with E-state index in [2.05, 4.69) is 32.7 Å². The molecule has 1 aliphatic heterocycles. The molecular formula is C21H36N4O. The molecule has 0 aliphatic carbocycles. The Hall–Kier alpha value is -1.59. The lowest BCUT2D eigenvalue weighted by Crippen LogP contribution is -2.40. The van der Waals surface area contributed by atoms with Crippen LogP contribution in [-0.4, -0.2) is 62.3 Å². The molecule has 0 amide bonds. The maximum absolute atomic E-state index is 9.64.